The van der Waals surface area contributed by atoms with Crippen molar-refractivity contribution in [3.05, 3.63) is 34.1 Å². The van der Waals surface area contributed by atoms with Crippen LogP contribution in [0.1, 0.15) is 12.6 Å². The first-order chi connectivity index (χ1) is 12.5. The number of ether oxygens (including phenoxy) is 1. The van der Waals surface area contributed by atoms with Crippen molar-refractivity contribution >= 4 is 17.3 Å². The molecule has 0 radical (unpaired) electrons. The van der Waals surface area contributed by atoms with Crippen molar-refractivity contribution < 1.29 is 9.66 Å². The minimum absolute atomic E-state index is 0.0785. The lowest BCUT2D eigenvalue weighted by Crippen LogP contribution is -2.48. The predicted octanol–water partition coefficient (Wildman–Crippen LogP) is 1.25. The number of anilines is 2. The Bertz CT molecular complexity index is 765. The van der Waals surface area contributed by atoms with Gasteiger partial charge in [0.05, 0.1) is 17.6 Å². The van der Waals surface area contributed by atoms with Crippen molar-refractivity contribution in [2.24, 2.45) is 0 Å². The third-order valence-electron chi connectivity index (χ3n) is 4.42. The fraction of sp³-hybridized carbons (Fsp3) is 0.562. The van der Waals surface area contributed by atoms with Gasteiger partial charge in [0, 0.05) is 39.4 Å². The lowest BCUT2D eigenvalue weighted by atomic mass is 10.2. The summed E-state index contributed by atoms with van der Waals surface area (Å²) < 4.78 is 7.57. The smallest absolute Gasteiger partial charge is 0.333 e. The van der Waals surface area contributed by atoms with Crippen LogP contribution >= 0.6 is 0 Å². The van der Waals surface area contributed by atoms with E-state index in [-0.39, 0.29) is 16.7 Å². The van der Waals surface area contributed by atoms with E-state index >= 15 is 0 Å². The van der Waals surface area contributed by atoms with Gasteiger partial charge in [-0.2, -0.15) is 10.2 Å². The maximum atomic E-state index is 11.5. The van der Waals surface area contributed by atoms with Crippen LogP contribution in [0, 0.1) is 17.0 Å². The molecule has 1 atom stereocenters. The zero-order valence-corrected chi connectivity index (χ0v) is 15.2. The lowest BCUT2D eigenvalue weighted by Gasteiger charge is -2.35. The number of morpholine rings is 1. The summed E-state index contributed by atoms with van der Waals surface area (Å²) in [5, 5.41) is 23.8. The van der Waals surface area contributed by atoms with Gasteiger partial charge in [0.2, 0.25) is 5.82 Å². The molecular formula is C16H23N7O3. The molecule has 2 aromatic heterocycles. The van der Waals surface area contributed by atoms with E-state index < -0.39 is 0 Å². The van der Waals surface area contributed by atoms with E-state index in [0.29, 0.717) is 44.3 Å². The highest BCUT2D eigenvalue weighted by atomic mass is 16.6. The molecule has 1 unspecified atom stereocenters. The molecule has 1 fully saturated rings. The molecular weight excluding hydrogens is 338 g/mol. The fourth-order valence-electron chi connectivity index (χ4n) is 3.23. The maximum Gasteiger partial charge on any atom is 0.333 e. The quantitative estimate of drug-likeness (QED) is 0.559. The average molecular weight is 361 g/mol. The van der Waals surface area contributed by atoms with Crippen LogP contribution in [0.15, 0.2) is 18.3 Å². The number of likely N-dealkylation sites (N-methyl/N-ethyl adjacent to an activating group) is 1. The molecule has 0 aromatic carbocycles. The molecule has 1 saturated heterocycles. The number of rotatable bonds is 6. The fourth-order valence-corrected chi connectivity index (χ4v) is 3.23. The van der Waals surface area contributed by atoms with Crippen molar-refractivity contribution in [3.63, 3.8) is 0 Å². The Balaban J connectivity index is 1.78. The second-order valence-electron chi connectivity index (χ2n) is 6.23. The van der Waals surface area contributed by atoms with Crippen molar-refractivity contribution in [1.82, 2.24) is 20.0 Å². The highest BCUT2D eigenvalue weighted by Crippen LogP contribution is 2.32. The monoisotopic (exact) mass is 361 g/mol. The summed E-state index contributed by atoms with van der Waals surface area (Å²) in [5.41, 5.74) is 0.515. The van der Waals surface area contributed by atoms with Crippen LogP contribution in [0.3, 0.4) is 0 Å². The molecule has 0 spiro atoms. The second kappa shape index (κ2) is 7.65. The summed E-state index contributed by atoms with van der Waals surface area (Å²) in [7, 11) is 1.93. The van der Waals surface area contributed by atoms with E-state index in [0.717, 1.165) is 5.82 Å². The van der Waals surface area contributed by atoms with E-state index in [2.05, 4.69) is 15.3 Å². The third kappa shape index (κ3) is 3.59. The second-order valence-corrected chi connectivity index (χ2v) is 6.23. The number of aryl methyl sites for hydroxylation is 2. The highest BCUT2D eigenvalue weighted by Gasteiger charge is 2.32. The molecule has 0 aliphatic carbocycles. The van der Waals surface area contributed by atoms with E-state index in [1.807, 2.05) is 35.9 Å². The molecule has 1 aliphatic rings. The van der Waals surface area contributed by atoms with Gasteiger partial charge in [0.25, 0.3) is 0 Å². The van der Waals surface area contributed by atoms with E-state index in [1.54, 1.807) is 17.8 Å². The molecule has 26 heavy (non-hydrogen) atoms. The minimum atomic E-state index is -0.347. The van der Waals surface area contributed by atoms with Crippen molar-refractivity contribution in [2.75, 3.05) is 43.1 Å². The third-order valence-corrected chi connectivity index (χ3v) is 4.42. The van der Waals surface area contributed by atoms with Crippen molar-refractivity contribution in [3.8, 4) is 0 Å². The van der Waals surface area contributed by atoms with Crippen LogP contribution in [0.2, 0.25) is 0 Å². The van der Waals surface area contributed by atoms with Gasteiger partial charge in [-0.3, -0.25) is 10.1 Å². The molecule has 0 saturated carbocycles. The zero-order chi connectivity index (χ0) is 18.7. The van der Waals surface area contributed by atoms with Crippen LogP contribution in [0.5, 0.6) is 0 Å². The van der Waals surface area contributed by atoms with Gasteiger partial charge >= 0.3 is 5.69 Å². The molecule has 1 aliphatic heterocycles. The zero-order valence-electron chi connectivity index (χ0n) is 15.2. The first-order valence-electron chi connectivity index (χ1n) is 8.58. The number of hydrogen-bond acceptors (Lipinski definition) is 8. The number of hydrogen-bond donors (Lipinski definition) is 0. The van der Waals surface area contributed by atoms with E-state index in [1.165, 1.54) is 0 Å². The van der Waals surface area contributed by atoms with Crippen LogP contribution in [-0.2, 0) is 11.3 Å². The van der Waals surface area contributed by atoms with Gasteiger partial charge < -0.3 is 14.5 Å². The van der Waals surface area contributed by atoms with E-state index in [9.17, 15) is 10.1 Å². The van der Waals surface area contributed by atoms with Gasteiger partial charge in [0.1, 0.15) is 5.69 Å². The van der Waals surface area contributed by atoms with Crippen molar-refractivity contribution in [1.29, 1.82) is 0 Å². The molecule has 0 amide bonds. The molecule has 3 rings (SSSR count). The van der Waals surface area contributed by atoms with Crippen LogP contribution in [0.25, 0.3) is 0 Å². The minimum Gasteiger partial charge on any atom is -0.373 e. The molecule has 140 valence electrons. The lowest BCUT2D eigenvalue weighted by molar-refractivity contribution is -0.384. The molecule has 3 heterocycles. The highest BCUT2D eigenvalue weighted by molar-refractivity contribution is 5.61. The standard InChI is InChI=1S/C16H23N7O3/c1-4-22-16(15(23(24)25)12(2)19-22)21-8-9-26-13(11-21)10-20(3)14-6-5-7-17-18-14/h5-7,13H,4,8-11H2,1-3H3. The molecule has 2 aromatic rings. The summed E-state index contributed by atoms with van der Waals surface area (Å²) in [4.78, 5) is 15.2. The normalized spacial score (nSPS) is 17.3. The van der Waals surface area contributed by atoms with Crippen molar-refractivity contribution in [2.45, 2.75) is 26.5 Å². The van der Waals surface area contributed by atoms with Crippen LogP contribution in [-0.4, -0.2) is 64.3 Å². The van der Waals surface area contributed by atoms with Gasteiger partial charge in [-0.05, 0) is 26.0 Å². The van der Waals surface area contributed by atoms with Gasteiger partial charge in [0.15, 0.2) is 5.82 Å². The van der Waals surface area contributed by atoms with Gasteiger partial charge in [-0.25, -0.2) is 4.68 Å². The summed E-state index contributed by atoms with van der Waals surface area (Å²) in [6, 6.07) is 3.72. The molecule has 0 bridgehead atoms. The maximum absolute atomic E-state index is 11.5. The Morgan fingerprint density at radius 3 is 2.96 bits per heavy atom. The Morgan fingerprint density at radius 1 is 1.50 bits per heavy atom. The number of nitrogens with zero attached hydrogens (tertiary/aromatic N) is 7. The Hall–Kier alpha value is -2.75. The van der Waals surface area contributed by atoms with Crippen LogP contribution < -0.4 is 9.80 Å². The number of nitro groups is 1. The molecule has 10 heteroatoms. The first-order valence-corrected chi connectivity index (χ1v) is 8.58. The first kappa shape index (κ1) is 18.1. The summed E-state index contributed by atoms with van der Waals surface area (Å²) in [6.07, 6.45) is 1.53. The summed E-state index contributed by atoms with van der Waals surface area (Å²) >= 11 is 0. The Morgan fingerprint density at radius 2 is 2.31 bits per heavy atom. The van der Waals surface area contributed by atoms with Gasteiger partial charge in [-0.1, -0.05) is 0 Å². The van der Waals surface area contributed by atoms with E-state index in [4.69, 9.17) is 4.74 Å². The topological polar surface area (TPSA) is 102 Å². The Labute approximate surface area is 151 Å². The average Bonchev–Trinajstić information content (AvgIpc) is 2.99. The summed E-state index contributed by atoms with van der Waals surface area (Å²) in [5.74, 6) is 1.32. The summed E-state index contributed by atoms with van der Waals surface area (Å²) in [6.45, 7) is 6.44. The predicted molar refractivity (Wildman–Crippen MR) is 96.5 cm³/mol. The molecule has 10 nitrogen and oxygen atoms in total. The largest absolute Gasteiger partial charge is 0.373 e. The molecule has 0 N–H and O–H groups in total. The Kier molecular flexibility index (Phi) is 5.31. The SMILES string of the molecule is CCn1nc(C)c([N+](=O)[O-])c1N1CCOC(CN(C)c2cccnn2)C1. The van der Waals surface area contributed by atoms with Crippen LogP contribution in [0.4, 0.5) is 17.3 Å². The van der Waals surface area contributed by atoms with Gasteiger partial charge in [-0.15, -0.1) is 5.10 Å². The number of aromatic nitrogens is 4.